The lowest BCUT2D eigenvalue weighted by atomic mass is 9.81. The van der Waals surface area contributed by atoms with Crippen LogP contribution in [0.2, 0.25) is 0 Å². The van der Waals surface area contributed by atoms with Crippen LogP contribution in [0.1, 0.15) is 25.0 Å². The highest BCUT2D eigenvalue weighted by atomic mass is 16.3. The van der Waals surface area contributed by atoms with Crippen molar-refractivity contribution >= 4 is 39.0 Å². The van der Waals surface area contributed by atoms with Gasteiger partial charge in [0.05, 0.1) is 0 Å². The Morgan fingerprint density at radius 2 is 0.906 bits per heavy atom. The molecule has 1 heterocycles. The van der Waals surface area contributed by atoms with Crippen molar-refractivity contribution in [3.05, 3.63) is 199 Å². The predicted molar refractivity (Wildman–Crippen MR) is 222 cm³/mol. The molecule has 0 unspecified atom stereocenters. The van der Waals surface area contributed by atoms with Crippen LogP contribution in [0.25, 0.3) is 66.4 Å². The summed E-state index contributed by atoms with van der Waals surface area (Å²) in [5.41, 5.74) is 17.5. The summed E-state index contributed by atoms with van der Waals surface area (Å²) < 4.78 is 6.57. The molecule has 0 amide bonds. The van der Waals surface area contributed by atoms with Crippen LogP contribution < -0.4 is 4.90 Å². The lowest BCUT2D eigenvalue weighted by Crippen LogP contribution is -2.16. The zero-order chi connectivity index (χ0) is 35.5. The van der Waals surface area contributed by atoms with Gasteiger partial charge in [-0.2, -0.15) is 0 Å². The fourth-order valence-electron chi connectivity index (χ4n) is 8.42. The van der Waals surface area contributed by atoms with Gasteiger partial charge in [0, 0.05) is 38.8 Å². The van der Waals surface area contributed by atoms with Gasteiger partial charge in [0.25, 0.3) is 0 Å². The highest BCUT2D eigenvalue weighted by Crippen LogP contribution is 2.56. The molecule has 0 saturated carbocycles. The zero-order valence-corrected chi connectivity index (χ0v) is 29.8. The van der Waals surface area contributed by atoms with Crippen LogP contribution in [0.5, 0.6) is 0 Å². The first kappa shape index (κ1) is 31.1. The Balaban J connectivity index is 1.09. The summed E-state index contributed by atoms with van der Waals surface area (Å²) in [6.07, 6.45) is 0. The third-order valence-corrected chi connectivity index (χ3v) is 11.1. The number of rotatable bonds is 6. The Hall–Kier alpha value is -6.64. The van der Waals surface area contributed by atoms with Crippen LogP contribution in [0.15, 0.2) is 192 Å². The largest absolute Gasteiger partial charge is 0.456 e. The maximum absolute atomic E-state index is 6.57. The molecule has 0 aliphatic heterocycles. The Kier molecular flexibility index (Phi) is 7.19. The standard InChI is InChI=1S/C51H37NO/c1-51(2)44-32-41(30-31-42(44)49-45(51)33-47-50(43-20-12-13-21-46(43)53-47)48(49)38-16-8-4-9-17-38)52(39-18-10-5-11-19-39)40-28-26-37(27-29-40)36-24-22-35(23-25-36)34-14-6-3-7-15-34/h3-33H,1-2H3. The molecule has 0 atom stereocenters. The number of furan rings is 1. The molecule has 1 aliphatic carbocycles. The van der Waals surface area contributed by atoms with Crippen molar-refractivity contribution in [1.29, 1.82) is 0 Å². The molecule has 252 valence electrons. The topological polar surface area (TPSA) is 16.4 Å². The fourth-order valence-corrected chi connectivity index (χ4v) is 8.42. The van der Waals surface area contributed by atoms with Crippen LogP contribution in [0.4, 0.5) is 17.1 Å². The van der Waals surface area contributed by atoms with Crippen LogP contribution in [0, 0.1) is 0 Å². The van der Waals surface area contributed by atoms with Crippen LogP contribution >= 0.6 is 0 Å². The lowest BCUT2D eigenvalue weighted by Gasteiger charge is -2.28. The van der Waals surface area contributed by atoms with Crippen LogP contribution in [-0.2, 0) is 5.41 Å². The summed E-state index contributed by atoms with van der Waals surface area (Å²) in [4.78, 5) is 2.37. The number of hydrogen-bond donors (Lipinski definition) is 0. The van der Waals surface area contributed by atoms with Gasteiger partial charge in [-0.3, -0.25) is 0 Å². The monoisotopic (exact) mass is 679 g/mol. The van der Waals surface area contributed by atoms with E-state index in [0.717, 1.165) is 33.6 Å². The molecule has 0 saturated heterocycles. The van der Waals surface area contributed by atoms with E-state index >= 15 is 0 Å². The van der Waals surface area contributed by atoms with Gasteiger partial charge in [-0.25, -0.2) is 0 Å². The molecule has 9 aromatic rings. The minimum atomic E-state index is -0.254. The molecule has 0 spiro atoms. The van der Waals surface area contributed by atoms with Gasteiger partial charge < -0.3 is 9.32 Å². The third-order valence-electron chi connectivity index (χ3n) is 11.1. The molecule has 53 heavy (non-hydrogen) atoms. The average Bonchev–Trinajstić information content (AvgIpc) is 3.70. The Morgan fingerprint density at radius 3 is 1.57 bits per heavy atom. The third kappa shape index (κ3) is 5.10. The van der Waals surface area contributed by atoms with Crippen molar-refractivity contribution in [3.63, 3.8) is 0 Å². The molecule has 1 aliphatic rings. The summed E-state index contributed by atoms with van der Waals surface area (Å²) >= 11 is 0. The highest BCUT2D eigenvalue weighted by molar-refractivity contribution is 6.17. The number of para-hydroxylation sites is 2. The van der Waals surface area contributed by atoms with E-state index in [1.54, 1.807) is 0 Å². The van der Waals surface area contributed by atoms with Crippen LogP contribution in [0.3, 0.4) is 0 Å². The van der Waals surface area contributed by atoms with Crippen LogP contribution in [-0.4, -0.2) is 0 Å². The minimum Gasteiger partial charge on any atom is -0.456 e. The molecule has 0 radical (unpaired) electrons. The number of hydrogen-bond acceptors (Lipinski definition) is 2. The molecular formula is C51H37NO. The van der Waals surface area contributed by atoms with E-state index in [2.05, 4.69) is 207 Å². The van der Waals surface area contributed by atoms with Gasteiger partial charge in [-0.15, -0.1) is 0 Å². The molecule has 0 bridgehead atoms. The molecule has 1 aromatic heterocycles. The molecule has 2 nitrogen and oxygen atoms in total. The highest BCUT2D eigenvalue weighted by Gasteiger charge is 2.39. The molecule has 10 rings (SSSR count). The maximum atomic E-state index is 6.57. The van der Waals surface area contributed by atoms with Crippen molar-refractivity contribution in [1.82, 2.24) is 0 Å². The second kappa shape index (κ2) is 12.3. The second-order valence-corrected chi connectivity index (χ2v) is 14.5. The summed E-state index contributed by atoms with van der Waals surface area (Å²) in [5, 5.41) is 2.33. The number of anilines is 3. The number of benzene rings is 8. The molecule has 2 heteroatoms. The summed E-state index contributed by atoms with van der Waals surface area (Å²) in [6.45, 7) is 4.71. The van der Waals surface area contributed by atoms with E-state index in [4.69, 9.17) is 4.42 Å². The van der Waals surface area contributed by atoms with E-state index < -0.39 is 0 Å². The SMILES string of the molecule is CC1(C)c2cc(N(c3ccccc3)c3ccc(-c4ccc(-c5ccccc5)cc4)cc3)ccc2-c2c1cc1oc3ccccc3c1c2-c1ccccc1. The second-order valence-electron chi connectivity index (χ2n) is 14.5. The van der Waals surface area contributed by atoms with Gasteiger partial charge >= 0.3 is 0 Å². The van der Waals surface area contributed by atoms with E-state index in [-0.39, 0.29) is 5.41 Å². The summed E-state index contributed by atoms with van der Waals surface area (Å²) in [5.74, 6) is 0. The first-order valence-electron chi connectivity index (χ1n) is 18.3. The van der Waals surface area contributed by atoms with Crippen molar-refractivity contribution in [2.24, 2.45) is 0 Å². The lowest BCUT2D eigenvalue weighted by molar-refractivity contribution is 0.647. The van der Waals surface area contributed by atoms with Gasteiger partial charge in [0.15, 0.2) is 0 Å². The molecule has 0 fully saturated rings. The van der Waals surface area contributed by atoms with Crippen molar-refractivity contribution in [3.8, 4) is 44.5 Å². The molecular weight excluding hydrogens is 643 g/mol. The van der Waals surface area contributed by atoms with E-state index in [0.29, 0.717) is 0 Å². The number of fused-ring (bicyclic) bond motifs is 6. The first-order chi connectivity index (χ1) is 26.0. The Labute approximate surface area is 310 Å². The predicted octanol–water partition coefficient (Wildman–Crippen LogP) is 14.4. The smallest absolute Gasteiger partial charge is 0.136 e. The first-order valence-corrected chi connectivity index (χ1v) is 18.3. The Bertz CT molecular complexity index is 2760. The summed E-state index contributed by atoms with van der Waals surface area (Å²) in [6, 6.07) is 67.6. The number of nitrogens with zero attached hydrogens (tertiary/aromatic N) is 1. The average molecular weight is 680 g/mol. The maximum Gasteiger partial charge on any atom is 0.136 e. The van der Waals surface area contributed by atoms with Crippen molar-refractivity contribution in [2.45, 2.75) is 19.3 Å². The van der Waals surface area contributed by atoms with E-state index in [9.17, 15) is 0 Å². The van der Waals surface area contributed by atoms with Crippen molar-refractivity contribution in [2.75, 3.05) is 4.90 Å². The fraction of sp³-hybridized carbons (Fsp3) is 0.0588. The van der Waals surface area contributed by atoms with E-state index in [1.807, 2.05) is 0 Å². The zero-order valence-electron chi connectivity index (χ0n) is 29.8. The molecule has 8 aromatic carbocycles. The van der Waals surface area contributed by atoms with Gasteiger partial charge in [-0.1, -0.05) is 153 Å². The normalized spacial score (nSPS) is 12.9. The molecule has 0 N–H and O–H groups in total. The van der Waals surface area contributed by atoms with Gasteiger partial charge in [-0.05, 0) is 98.6 Å². The minimum absolute atomic E-state index is 0.254. The van der Waals surface area contributed by atoms with Gasteiger partial charge in [0.2, 0.25) is 0 Å². The van der Waals surface area contributed by atoms with E-state index in [1.165, 1.54) is 61.0 Å². The quantitative estimate of drug-likeness (QED) is 0.174. The van der Waals surface area contributed by atoms with Crippen molar-refractivity contribution < 1.29 is 4.42 Å². The van der Waals surface area contributed by atoms with Gasteiger partial charge in [0.1, 0.15) is 11.2 Å². The Morgan fingerprint density at radius 1 is 0.396 bits per heavy atom. The summed E-state index contributed by atoms with van der Waals surface area (Å²) in [7, 11) is 0.